The van der Waals surface area contributed by atoms with Crippen molar-refractivity contribution in [3.05, 3.63) is 89.0 Å². The Morgan fingerprint density at radius 1 is 0.882 bits per heavy atom. The maximum atomic E-state index is 14.0. The molecule has 1 atom stereocenters. The lowest BCUT2D eigenvalue weighted by atomic mass is 9.66. The monoisotopic (exact) mass is 476 g/mol. The molecule has 0 saturated carbocycles. The second-order valence-electron chi connectivity index (χ2n) is 10.2. The molecule has 178 valence electrons. The van der Waals surface area contributed by atoms with Crippen molar-refractivity contribution in [3.8, 4) is 0 Å². The van der Waals surface area contributed by atoms with E-state index in [-0.39, 0.29) is 16.2 Å². The van der Waals surface area contributed by atoms with Crippen LogP contribution in [0.5, 0.6) is 0 Å². The van der Waals surface area contributed by atoms with Gasteiger partial charge in [0.2, 0.25) is 5.91 Å². The Hall–Kier alpha value is -3.12. The Morgan fingerprint density at radius 3 is 2.06 bits per heavy atom. The van der Waals surface area contributed by atoms with Crippen molar-refractivity contribution in [1.82, 2.24) is 0 Å². The SMILES string of the molecule is CC(=O)Nc1ccc(S(=O)(=O)N2c3ccc(C)cc3C(C)(c3ccc(C)cc3)CC2(C)C)cc1. The summed E-state index contributed by atoms with van der Waals surface area (Å²) < 4.78 is 29.6. The highest BCUT2D eigenvalue weighted by Crippen LogP contribution is 2.52. The summed E-state index contributed by atoms with van der Waals surface area (Å²) >= 11 is 0. The lowest BCUT2D eigenvalue weighted by Gasteiger charge is -2.51. The number of hydrogen-bond donors (Lipinski definition) is 1. The zero-order valence-corrected chi connectivity index (χ0v) is 21.5. The summed E-state index contributed by atoms with van der Waals surface area (Å²) in [6, 6.07) is 20.9. The molecule has 0 aromatic heterocycles. The van der Waals surface area contributed by atoms with Gasteiger partial charge >= 0.3 is 0 Å². The minimum absolute atomic E-state index is 0.195. The molecule has 0 fully saturated rings. The molecule has 6 heteroatoms. The van der Waals surface area contributed by atoms with Gasteiger partial charge in [-0.1, -0.05) is 54.4 Å². The van der Waals surface area contributed by atoms with Crippen LogP contribution in [0.15, 0.2) is 71.6 Å². The van der Waals surface area contributed by atoms with E-state index in [4.69, 9.17) is 0 Å². The van der Waals surface area contributed by atoms with E-state index in [0.29, 0.717) is 17.8 Å². The number of aryl methyl sites for hydroxylation is 2. The number of carbonyl (C=O) groups is 1. The number of anilines is 2. The zero-order valence-electron chi connectivity index (χ0n) is 20.6. The molecule has 1 unspecified atom stereocenters. The van der Waals surface area contributed by atoms with Crippen LogP contribution in [0, 0.1) is 13.8 Å². The predicted molar refractivity (Wildman–Crippen MR) is 138 cm³/mol. The van der Waals surface area contributed by atoms with Gasteiger partial charge in [-0.05, 0) is 75.6 Å². The molecule has 0 spiro atoms. The molecule has 34 heavy (non-hydrogen) atoms. The van der Waals surface area contributed by atoms with Crippen molar-refractivity contribution in [1.29, 1.82) is 0 Å². The smallest absolute Gasteiger partial charge is 0.264 e. The van der Waals surface area contributed by atoms with Crippen LogP contribution in [0.1, 0.15) is 56.4 Å². The summed E-state index contributed by atoms with van der Waals surface area (Å²) in [7, 11) is -3.86. The van der Waals surface area contributed by atoms with Crippen molar-refractivity contribution in [2.75, 3.05) is 9.62 Å². The predicted octanol–water partition coefficient (Wildman–Crippen LogP) is 5.95. The minimum Gasteiger partial charge on any atom is -0.326 e. The van der Waals surface area contributed by atoms with E-state index in [1.165, 1.54) is 18.1 Å². The molecule has 1 heterocycles. The fraction of sp³-hybridized carbons (Fsp3) is 0.321. The number of rotatable bonds is 4. The van der Waals surface area contributed by atoms with Gasteiger partial charge in [-0.3, -0.25) is 9.10 Å². The van der Waals surface area contributed by atoms with Gasteiger partial charge in [0, 0.05) is 18.0 Å². The number of amides is 1. The van der Waals surface area contributed by atoms with Gasteiger partial charge in [0.1, 0.15) is 0 Å². The Bertz CT molecular complexity index is 1340. The van der Waals surface area contributed by atoms with E-state index >= 15 is 0 Å². The fourth-order valence-electron chi connectivity index (χ4n) is 5.28. The number of carbonyl (C=O) groups excluding carboxylic acids is 1. The second kappa shape index (κ2) is 8.27. The van der Waals surface area contributed by atoms with Gasteiger partial charge in [0.15, 0.2) is 0 Å². The summed E-state index contributed by atoms with van der Waals surface area (Å²) in [6.45, 7) is 11.7. The standard InChI is InChI=1S/C28H32N2O3S/c1-19-7-10-22(11-8-19)28(6)18-27(4,5)30(26-16-9-20(2)17-25(26)28)34(32,33)24-14-12-23(13-15-24)29-21(3)31/h7-17H,18H2,1-6H3,(H,29,31). The number of fused-ring (bicyclic) bond motifs is 1. The van der Waals surface area contributed by atoms with E-state index in [9.17, 15) is 13.2 Å². The molecule has 1 aliphatic heterocycles. The van der Waals surface area contributed by atoms with Crippen LogP contribution in [0.25, 0.3) is 0 Å². The van der Waals surface area contributed by atoms with Crippen LogP contribution in [-0.2, 0) is 20.2 Å². The van der Waals surface area contributed by atoms with Gasteiger partial charge in [-0.25, -0.2) is 8.42 Å². The molecule has 1 N–H and O–H groups in total. The van der Waals surface area contributed by atoms with E-state index in [1.54, 1.807) is 28.6 Å². The Labute approximate surface area is 202 Å². The van der Waals surface area contributed by atoms with E-state index < -0.39 is 15.6 Å². The molecule has 3 aromatic carbocycles. The number of nitrogens with zero attached hydrogens (tertiary/aromatic N) is 1. The third-order valence-corrected chi connectivity index (χ3v) is 8.74. The fourth-order valence-corrected chi connectivity index (χ4v) is 7.10. The maximum Gasteiger partial charge on any atom is 0.264 e. The van der Waals surface area contributed by atoms with Crippen molar-refractivity contribution in [3.63, 3.8) is 0 Å². The van der Waals surface area contributed by atoms with Crippen molar-refractivity contribution < 1.29 is 13.2 Å². The Kier molecular flexibility index (Phi) is 5.85. The first-order valence-electron chi connectivity index (χ1n) is 11.5. The summed E-state index contributed by atoms with van der Waals surface area (Å²) in [6.07, 6.45) is 0.628. The molecular formula is C28H32N2O3S. The van der Waals surface area contributed by atoms with Gasteiger partial charge in [0.05, 0.1) is 16.1 Å². The van der Waals surface area contributed by atoms with Gasteiger partial charge in [-0.15, -0.1) is 0 Å². The first kappa shape index (κ1) is 24.0. The molecule has 0 bridgehead atoms. The molecule has 0 aliphatic carbocycles. The zero-order chi connectivity index (χ0) is 24.9. The highest BCUT2D eigenvalue weighted by Gasteiger charge is 2.50. The van der Waals surface area contributed by atoms with Crippen LogP contribution in [-0.4, -0.2) is 19.9 Å². The molecule has 3 aromatic rings. The van der Waals surface area contributed by atoms with Gasteiger partial charge in [-0.2, -0.15) is 0 Å². The largest absolute Gasteiger partial charge is 0.326 e. The highest BCUT2D eigenvalue weighted by atomic mass is 32.2. The quantitative estimate of drug-likeness (QED) is 0.506. The summed E-state index contributed by atoms with van der Waals surface area (Å²) in [4.78, 5) is 11.5. The summed E-state index contributed by atoms with van der Waals surface area (Å²) in [5.41, 5.74) is 4.70. The molecule has 4 rings (SSSR count). The number of sulfonamides is 1. The van der Waals surface area contributed by atoms with Crippen LogP contribution in [0.2, 0.25) is 0 Å². The minimum atomic E-state index is -3.86. The first-order chi connectivity index (χ1) is 15.8. The average molecular weight is 477 g/mol. The topological polar surface area (TPSA) is 66.5 Å². The number of nitrogens with one attached hydrogen (secondary N) is 1. The van der Waals surface area contributed by atoms with E-state index in [0.717, 1.165) is 11.1 Å². The summed E-state index contributed by atoms with van der Waals surface area (Å²) in [5, 5.41) is 2.69. The molecular weight excluding hydrogens is 444 g/mol. The van der Waals surface area contributed by atoms with Crippen LogP contribution in [0.3, 0.4) is 0 Å². The number of benzene rings is 3. The van der Waals surface area contributed by atoms with Crippen LogP contribution >= 0.6 is 0 Å². The van der Waals surface area contributed by atoms with E-state index in [1.807, 2.05) is 32.9 Å². The second-order valence-corrected chi connectivity index (χ2v) is 12.0. The van der Waals surface area contributed by atoms with Gasteiger partial charge in [0.25, 0.3) is 10.0 Å². The third-order valence-electron chi connectivity index (χ3n) is 6.70. The molecule has 5 nitrogen and oxygen atoms in total. The highest BCUT2D eigenvalue weighted by molar-refractivity contribution is 7.93. The summed E-state index contributed by atoms with van der Waals surface area (Å²) in [5.74, 6) is -0.201. The van der Waals surface area contributed by atoms with Crippen LogP contribution < -0.4 is 9.62 Å². The van der Waals surface area contributed by atoms with Crippen molar-refractivity contribution in [2.24, 2.45) is 0 Å². The van der Waals surface area contributed by atoms with E-state index in [2.05, 4.69) is 49.5 Å². The number of hydrogen-bond acceptors (Lipinski definition) is 3. The van der Waals surface area contributed by atoms with Crippen LogP contribution in [0.4, 0.5) is 11.4 Å². The Balaban J connectivity index is 1.88. The third kappa shape index (κ3) is 4.11. The normalized spacial score (nSPS) is 19.4. The molecule has 0 radical (unpaired) electrons. The average Bonchev–Trinajstić information content (AvgIpc) is 2.74. The molecule has 1 amide bonds. The first-order valence-corrected chi connectivity index (χ1v) is 12.9. The maximum absolute atomic E-state index is 14.0. The van der Waals surface area contributed by atoms with Crippen molar-refractivity contribution >= 4 is 27.3 Å². The lowest BCUT2D eigenvalue weighted by Crippen LogP contribution is -2.55. The molecule has 1 aliphatic rings. The lowest BCUT2D eigenvalue weighted by molar-refractivity contribution is -0.114. The molecule has 0 saturated heterocycles. The van der Waals surface area contributed by atoms with Crippen molar-refractivity contribution in [2.45, 2.75) is 63.8 Å². The van der Waals surface area contributed by atoms with Gasteiger partial charge < -0.3 is 5.32 Å². The Morgan fingerprint density at radius 2 is 1.47 bits per heavy atom.